The van der Waals surface area contributed by atoms with Crippen LogP contribution in [-0.2, 0) is 10.0 Å². The smallest absolute Gasteiger partial charge is 0.280 e. The van der Waals surface area contributed by atoms with Crippen molar-refractivity contribution in [3.05, 3.63) is 62.1 Å². The lowest BCUT2D eigenvalue weighted by molar-refractivity contribution is -0.384. The minimum atomic E-state index is -3.86. The van der Waals surface area contributed by atoms with Crippen LogP contribution in [0.4, 0.5) is 11.4 Å². The summed E-state index contributed by atoms with van der Waals surface area (Å²) in [6.07, 6.45) is 0. The maximum absolute atomic E-state index is 12.2. The SMILES string of the molecule is O=[N+]([O-])c1ccc(S(=O)(=O)Nc2ccc(Br)cc2)cc1Cl. The van der Waals surface area contributed by atoms with Crippen molar-refractivity contribution >= 4 is 48.9 Å². The summed E-state index contributed by atoms with van der Waals surface area (Å²) >= 11 is 8.96. The summed E-state index contributed by atoms with van der Waals surface area (Å²) < 4.78 is 27.5. The number of sulfonamides is 1. The van der Waals surface area contributed by atoms with Gasteiger partial charge < -0.3 is 0 Å². The maximum atomic E-state index is 12.2. The largest absolute Gasteiger partial charge is 0.287 e. The first-order valence-corrected chi connectivity index (χ1v) is 8.17. The third-order valence-corrected chi connectivity index (χ3v) is 4.73. The Kier molecular flexibility index (Phi) is 4.50. The van der Waals surface area contributed by atoms with E-state index in [1.807, 2.05) is 0 Å². The van der Waals surface area contributed by atoms with Gasteiger partial charge in [-0.1, -0.05) is 27.5 Å². The third-order valence-electron chi connectivity index (χ3n) is 2.52. The lowest BCUT2D eigenvalue weighted by atomic mass is 10.3. The second-order valence-corrected chi connectivity index (χ2v) is 6.99. The molecular formula is C12H8BrClN2O4S. The first-order valence-electron chi connectivity index (χ1n) is 5.52. The van der Waals surface area contributed by atoms with Gasteiger partial charge in [0.05, 0.1) is 9.82 Å². The number of nitro groups is 1. The van der Waals surface area contributed by atoms with Crippen molar-refractivity contribution in [2.75, 3.05) is 4.72 Å². The van der Waals surface area contributed by atoms with Crippen LogP contribution >= 0.6 is 27.5 Å². The topological polar surface area (TPSA) is 89.3 Å². The molecule has 0 spiro atoms. The zero-order valence-electron chi connectivity index (χ0n) is 10.3. The molecule has 0 aromatic heterocycles. The number of nitrogens with zero attached hydrogens (tertiary/aromatic N) is 1. The van der Waals surface area contributed by atoms with Gasteiger partial charge in [0.15, 0.2) is 0 Å². The molecule has 0 aliphatic carbocycles. The highest BCUT2D eigenvalue weighted by atomic mass is 79.9. The Bertz CT molecular complexity index is 793. The Morgan fingerprint density at radius 3 is 2.29 bits per heavy atom. The third kappa shape index (κ3) is 3.72. The van der Waals surface area contributed by atoms with Crippen LogP contribution in [0, 0.1) is 10.1 Å². The predicted octanol–water partition coefficient (Wildman–Crippen LogP) is 3.81. The van der Waals surface area contributed by atoms with Gasteiger partial charge in [-0.2, -0.15) is 0 Å². The van der Waals surface area contributed by atoms with Gasteiger partial charge in [0.1, 0.15) is 5.02 Å². The molecule has 0 heterocycles. The van der Waals surface area contributed by atoms with Gasteiger partial charge in [-0.3, -0.25) is 14.8 Å². The average Bonchev–Trinajstić information content (AvgIpc) is 2.40. The van der Waals surface area contributed by atoms with Crippen LogP contribution < -0.4 is 4.72 Å². The number of hydrogen-bond acceptors (Lipinski definition) is 4. The van der Waals surface area contributed by atoms with Crippen molar-refractivity contribution in [1.29, 1.82) is 0 Å². The molecule has 0 saturated heterocycles. The van der Waals surface area contributed by atoms with Crippen molar-refractivity contribution in [2.45, 2.75) is 4.90 Å². The first-order chi connectivity index (χ1) is 9.79. The van der Waals surface area contributed by atoms with Gasteiger partial charge in [-0.15, -0.1) is 0 Å². The first kappa shape index (κ1) is 15.7. The summed E-state index contributed by atoms with van der Waals surface area (Å²) in [7, 11) is -3.86. The number of nitro benzene ring substituents is 1. The fraction of sp³-hybridized carbons (Fsp3) is 0. The molecule has 21 heavy (non-hydrogen) atoms. The van der Waals surface area contributed by atoms with Crippen molar-refractivity contribution in [2.24, 2.45) is 0 Å². The Morgan fingerprint density at radius 2 is 1.76 bits per heavy atom. The average molecular weight is 392 g/mol. The number of halogens is 2. The number of benzene rings is 2. The van der Waals surface area contributed by atoms with Gasteiger partial charge in [-0.05, 0) is 36.4 Å². The molecule has 2 rings (SSSR count). The second kappa shape index (κ2) is 6.00. The fourth-order valence-corrected chi connectivity index (χ4v) is 3.20. The molecule has 0 aliphatic heterocycles. The molecule has 2 aromatic rings. The molecule has 0 bridgehead atoms. The van der Waals surface area contributed by atoms with E-state index < -0.39 is 14.9 Å². The molecule has 110 valence electrons. The predicted molar refractivity (Wildman–Crippen MR) is 83.1 cm³/mol. The van der Waals surface area contributed by atoms with E-state index in [4.69, 9.17) is 11.6 Å². The summed E-state index contributed by atoms with van der Waals surface area (Å²) in [5, 5.41) is 10.4. The highest BCUT2D eigenvalue weighted by molar-refractivity contribution is 9.10. The van der Waals surface area contributed by atoms with Gasteiger partial charge in [0, 0.05) is 16.2 Å². The Labute approximate surface area is 134 Å². The van der Waals surface area contributed by atoms with Crippen LogP contribution in [0.2, 0.25) is 5.02 Å². The molecule has 1 N–H and O–H groups in total. The van der Waals surface area contributed by atoms with Gasteiger partial charge in [-0.25, -0.2) is 8.42 Å². The molecule has 9 heteroatoms. The lowest BCUT2D eigenvalue weighted by Gasteiger charge is -2.08. The molecule has 0 amide bonds. The Balaban J connectivity index is 2.33. The van der Waals surface area contributed by atoms with E-state index in [1.54, 1.807) is 24.3 Å². The molecule has 6 nitrogen and oxygen atoms in total. The van der Waals surface area contributed by atoms with Crippen LogP contribution in [-0.4, -0.2) is 13.3 Å². The zero-order valence-corrected chi connectivity index (χ0v) is 13.4. The fourth-order valence-electron chi connectivity index (χ4n) is 1.53. The molecule has 0 aliphatic rings. The van der Waals surface area contributed by atoms with Crippen LogP contribution in [0.15, 0.2) is 51.8 Å². The highest BCUT2D eigenvalue weighted by Gasteiger charge is 2.19. The van der Waals surface area contributed by atoms with E-state index in [1.165, 1.54) is 0 Å². The number of hydrogen-bond donors (Lipinski definition) is 1. The standard InChI is InChI=1S/C12H8BrClN2O4S/c13-8-1-3-9(4-2-8)15-21(19,20)10-5-6-12(16(17)18)11(14)7-10/h1-7,15H. The van der Waals surface area contributed by atoms with Crippen LogP contribution in [0.5, 0.6) is 0 Å². The summed E-state index contributed by atoms with van der Waals surface area (Å²) in [4.78, 5) is 9.83. The van der Waals surface area contributed by atoms with Crippen molar-refractivity contribution < 1.29 is 13.3 Å². The monoisotopic (exact) mass is 390 g/mol. The van der Waals surface area contributed by atoms with E-state index in [2.05, 4.69) is 20.7 Å². The lowest BCUT2D eigenvalue weighted by Crippen LogP contribution is -2.13. The van der Waals surface area contributed by atoms with Crippen molar-refractivity contribution in [3.63, 3.8) is 0 Å². The van der Waals surface area contributed by atoms with Gasteiger partial charge >= 0.3 is 0 Å². The van der Waals surface area contributed by atoms with Crippen molar-refractivity contribution in [3.8, 4) is 0 Å². The molecular weight excluding hydrogens is 384 g/mol. The van der Waals surface area contributed by atoms with Crippen molar-refractivity contribution in [1.82, 2.24) is 0 Å². The quantitative estimate of drug-likeness (QED) is 0.634. The summed E-state index contributed by atoms with van der Waals surface area (Å²) in [5.41, 5.74) is 0.0203. The highest BCUT2D eigenvalue weighted by Crippen LogP contribution is 2.28. The van der Waals surface area contributed by atoms with Gasteiger partial charge in [0.2, 0.25) is 0 Å². The number of anilines is 1. The summed E-state index contributed by atoms with van der Waals surface area (Å²) in [6.45, 7) is 0. The Hall–Kier alpha value is -1.64. The molecule has 2 aromatic carbocycles. The van der Waals surface area contributed by atoms with E-state index in [0.717, 1.165) is 22.7 Å². The minimum Gasteiger partial charge on any atom is -0.280 e. The second-order valence-electron chi connectivity index (χ2n) is 3.98. The maximum Gasteiger partial charge on any atom is 0.287 e. The Morgan fingerprint density at radius 1 is 1.14 bits per heavy atom. The molecule has 0 fully saturated rings. The summed E-state index contributed by atoms with van der Waals surface area (Å²) in [5.74, 6) is 0. The normalized spacial score (nSPS) is 11.1. The van der Waals surface area contributed by atoms with Crippen LogP contribution in [0.1, 0.15) is 0 Å². The van der Waals surface area contributed by atoms with Gasteiger partial charge in [0.25, 0.3) is 15.7 Å². The van der Waals surface area contributed by atoms with E-state index in [-0.39, 0.29) is 15.6 Å². The van der Waals surface area contributed by atoms with E-state index in [9.17, 15) is 18.5 Å². The molecule has 0 unspecified atom stereocenters. The summed E-state index contributed by atoms with van der Waals surface area (Å²) in [6, 6.07) is 9.75. The molecule has 0 saturated carbocycles. The minimum absolute atomic E-state index is 0.152. The van der Waals surface area contributed by atoms with Crippen LogP contribution in [0.25, 0.3) is 0 Å². The van der Waals surface area contributed by atoms with E-state index >= 15 is 0 Å². The molecule has 0 radical (unpaired) electrons. The van der Waals surface area contributed by atoms with E-state index in [0.29, 0.717) is 5.69 Å². The molecule has 0 atom stereocenters. The van der Waals surface area contributed by atoms with Crippen LogP contribution in [0.3, 0.4) is 0 Å². The number of rotatable bonds is 4. The number of nitrogens with one attached hydrogen (secondary N) is 1. The zero-order chi connectivity index (χ0) is 15.6.